The minimum absolute atomic E-state index is 0.263. The van der Waals surface area contributed by atoms with Crippen LogP contribution in [-0.2, 0) is 14.3 Å². The molecule has 0 aliphatic carbocycles. The van der Waals surface area contributed by atoms with Gasteiger partial charge in [0.2, 0.25) is 5.91 Å². The van der Waals surface area contributed by atoms with Crippen LogP contribution in [0.1, 0.15) is 36.5 Å². The van der Waals surface area contributed by atoms with Crippen LogP contribution in [0, 0.1) is 0 Å². The van der Waals surface area contributed by atoms with E-state index in [0.717, 1.165) is 18.8 Å². The molecule has 0 saturated carbocycles. The molecule has 0 spiro atoms. The van der Waals surface area contributed by atoms with Crippen molar-refractivity contribution in [1.82, 2.24) is 0 Å². The van der Waals surface area contributed by atoms with E-state index < -0.39 is 11.9 Å². The van der Waals surface area contributed by atoms with E-state index in [0.29, 0.717) is 16.9 Å². The van der Waals surface area contributed by atoms with Crippen molar-refractivity contribution in [3.8, 4) is 0 Å². The van der Waals surface area contributed by atoms with E-state index in [-0.39, 0.29) is 11.5 Å². The summed E-state index contributed by atoms with van der Waals surface area (Å²) >= 11 is 0. The largest absolute Gasteiger partial charge is 0.465 e. The van der Waals surface area contributed by atoms with E-state index in [1.165, 1.54) is 32.4 Å². The zero-order valence-electron chi connectivity index (χ0n) is 17.8. The Hall–Kier alpha value is -3.61. The highest BCUT2D eigenvalue weighted by atomic mass is 16.5. The van der Waals surface area contributed by atoms with Crippen molar-refractivity contribution in [2.75, 3.05) is 35.7 Å². The number of nitrogens with one attached hydrogen (secondary N) is 2. The first-order chi connectivity index (χ1) is 15.0. The fourth-order valence-electron chi connectivity index (χ4n) is 3.39. The quantitative estimate of drug-likeness (QED) is 0.544. The van der Waals surface area contributed by atoms with Gasteiger partial charge in [0.15, 0.2) is 0 Å². The number of carbonyl (C=O) groups excluding carboxylic acids is 3. The van der Waals surface area contributed by atoms with E-state index in [2.05, 4.69) is 20.3 Å². The molecule has 1 aliphatic heterocycles. The third-order valence-electron chi connectivity index (χ3n) is 5.13. The molecule has 31 heavy (non-hydrogen) atoms. The Morgan fingerprint density at radius 3 is 2.06 bits per heavy atom. The fourth-order valence-corrected chi connectivity index (χ4v) is 3.39. The molecule has 2 aromatic carbocycles. The Morgan fingerprint density at radius 2 is 1.45 bits per heavy atom. The zero-order valence-corrected chi connectivity index (χ0v) is 17.8. The average molecular weight is 421 g/mol. The van der Waals surface area contributed by atoms with Crippen LogP contribution in [0.25, 0.3) is 0 Å². The lowest BCUT2D eigenvalue weighted by atomic mass is 10.1. The maximum atomic E-state index is 12.3. The molecule has 7 nitrogen and oxygen atoms in total. The number of nitrogens with zero attached hydrogens (tertiary/aromatic N) is 1. The third kappa shape index (κ3) is 6.18. The molecule has 2 amide bonds. The van der Waals surface area contributed by atoms with Gasteiger partial charge in [-0.3, -0.25) is 9.59 Å². The lowest BCUT2D eigenvalue weighted by molar-refractivity contribution is -0.114. The standard InChI is InChI=1S/C24H27N3O4/c1-17(23(29)26-20-8-6-18(7-9-20)24(30)31-2)16-22(28)25-19-10-12-21(13-11-19)27-14-4-3-5-15-27/h6-13,16H,3-5,14-15H2,1-2H3,(H,25,28)(H,26,29)/b17-16+. The molecule has 1 fully saturated rings. The molecule has 0 unspecified atom stereocenters. The van der Waals surface area contributed by atoms with Gasteiger partial charge in [0.25, 0.3) is 5.91 Å². The number of rotatable bonds is 6. The van der Waals surface area contributed by atoms with Gasteiger partial charge in [0.05, 0.1) is 12.7 Å². The van der Waals surface area contributed by atoms with E-state index in [1.807, 2.05) is 24.3 Å². The number of ether oxygens (including phenoxy) is 1. The topological polar surface area (TPSA) is 87.7 Å². The van der Waals surface area contributed by atoms with Gasteiger partial charge >= 0.3 is 5.97 Å². The number of hydrogen-bond donors (Lipinski definition) is 2. The molecule has 0 atom stereocenters. The van der Waals surface area contributed by atoms with Crippen molar-refractivity contribution in [2.24, 2.45) is 0 Å². The van der Waals surface area contributed by atoms with Gasteiger partial charge in [-0.1, -0.05) is 0 Å². The second-order valence-corrected chi connectivity index (χ2v) is 7.43. The summed E-state index contributed by atoms with van der Waals surface area (Å²) in [7, 11) is 1.31. The number of benzene rings is 2. The molecule has 3 rings (SSSR count). The predicted molar refractivity (Wildman–Crippen MR) is 121 cm³/mol. The summed E-state index contributed by atoms with van der Waals surface area (Å²) in [5.41, 5.74) is 2.99. The lowest BCUT2D eigenvalue weighted by Crippen LogP contribution is -2.29. The average Bonchev–Trinajstić information content (AvgIpc) is 2.80. The van der Waals surface area contributed by atoms with E-state index >= 15 is 0 Å². The SMILES string of the molecule is COC(=O)c1ccc(NC(=O)/C(C)=C/C(=O)Nc2ccc(N3CCCCC3)cc2)cc1. The molecular weight excluding hydrogens is 394 g/mol. The number of anilines is 3. The molecule has 1 heterocycles. The minimum atomic E-state index is -0.449. The summed E-state index contributed by atoms with van der Waals surface area (Å²) in [5.74, 6) is -1.23. The number of piperidine rings is 1. The first-order valence-electron chi connectivity index (χ1n) is 10.3. The van der Waals surface area contributed by atoms with Crippen LogP contribution < -0.4 is 15.5 Å². The van der Waals surface area contributed by atoms with Gasteiger partial charge < -0.3 is 20.3 Å². The monoisotopic (exact) mass is 421 g/mol. The predicted octanol–water partition coefficient (Wildman–Crippen LogP) is 3.99. The van der Waals surface area contributed by atoms with Crippen LogP contribution >= 0.6 is 0 Å². The summed E-state index contributed by atoms with van der Waals surface area (Å²) in [6.45, 7) is 3.69. The highest BCUT2D eigenvalue weighted by molar-refractivity contribution is 6.10. The lowest BCUT2D eigenvalue weighted by Gasteiger charge is -2.28. The highest BCUT2D eigenvalue weighted by Crippen LogP contribution is 2.22. The van der Waals surface area contributed by atoms with Crippen molar-refractivity contribution < 1.29 is 19.1 Å². The molecule has 0 bridgehead atoms. The first kappa shape index (κ1) is 22.1. The zero-order chi connectivity index (χ0) is 22.2. The van der Waals surface area contributed by atoms with Gasteiger partial charge in [-0.15, -0.1) is 0 Å². The van der Waals surface area contributed by atoms with Crippen LogP contribution in [-0.4, -0.2) is 38.0 Å². The number of esters is 1. The van der Waals surface area contributed by atoms with Crippen LogP contribution in [0.2, 0.25) is 0 Å². The molecule has 0 aromatic heterocycles. The van der Waals surface area contributed by atoms with Crippen LogP contribution in [0.3, 0.4) is 0 Å². The molecule has 2 N–H and O–H groups in total. The minimum Gasteiger partial charge on any atom is -0.465 e. The maximum Gasteiger partial charge on any atom is 0.337 e. The summed E-state index contributed by atoms with van der Waals surface area (Å²) in [5, 5.41) is 5.48. The molecule has 1 aliphatic rings. The Balaban J connectivity index is 1.54. The van der Waals surface area contributed by atoms with Crippen molar-refractivity contribution in [3.05, 3.63) is 65.7 Å². The van der Waals surface area contributed by atoms with Gasteiger partial charge in [-0.25, -0.2) is 4.79 Å². The molecular formula is C24H27N3O4. The Kier molecular flexibility index (Phi) is 7.43. The maximum absolute atomic E-state index is 12.3. The summed E-state index contributed by atoms with van der Waals surface area (Å²) in [6.07, 6.45) is 4.96. The second-order valence-electron chi connectivity index (χ2n) is 7.43. The van der Waals surface area contributed by atoms with Crippen LogP contribution in [0.4, 0.5) is 17.1 Å². The van der Waals surface area contributed by atoms with Gasteiger partial charge in [0, 0.05) is 41.8 Å². The number of carbonyl (C=O) groups is 3. The van der Waals surface area contributed by atoms with E-state index in [9.17, 15) is 14.4 Å². The molecule has 2 aromatic rings. The Labute approximate surface area is 182 Å². The highest BCUT2D eigenvalue weighted by Gasteiger charge is 2.12. The third-order valence-corrected chi connectivity index (χ3v) is 5.13. The summed E-state index contributed by atoms with van der Waals surface area (Å²) < 4.78 is 4.64. The van der Waals surface area contributed by atoms with E-state index in [1.54, 1.807) is 31.2 Å². The Bertz CT molecular complexity index is 959. The first-order valence-corrected chi connectivity index (χ1v) is 10.3. The van der Waals surface area contributed by atoms with Crippen molar-refractivity contribution in [2.45, 2.75) is 26.2 Å². The van der Waals surface area contributed by atoms with Crippen LogP contribution in [0.15, 0.2) is 60.2 Å². The van der Waals surface area contributed by atoms with Gasteiger partial charge in [0.1, 0.15) is 0 Å². The fraction of sp³-hybridized carbons (Fsp3) is 0.292. The number of amides is 2. The smallest absolute Gasteiger partial charge is 0.337 e. The molecule has 1 saturated heterocycles. The number of hydrogen-bond acceptors (Lipinski definition) is 5. The molecule has 7 heteroatoms. The van der Waals surface area contributed by atoms with Gasteiger partial charge in [-0.2, -0.15) is 0 Å². The van der Waals surface area contributed by atoms with Crippen LogP contribution in [0.5, 0.6) is 0 Å². The second kappa shape index (κ2) is 10.4. The molecule has 0 radical (unpaired) electrons. The van der Waals surface area contributed by atoms with Crippen molar-refractivity contribution in [1.29, 1.82) is 0 Å². The van der Waals surface area contributed by atoms with Crippen molar-refractivity contribution in [3.63, 3.8) is 0 Å². The molecule has 162 valence electrons. The summed E-state index contributed by atoms with van der Waals surface area (Å²) in [6, 6.07) is 14.1. The summed E-state index contributed by atoms with van der Waals surface area (Å²) in [4.78, 5) is 38.4. The normalized spacial score (nSPS) is 14.0. The number of methoxy groups -OCH3 is 1. The van der Waals surface area contributed by atoms with E-state index in [4.69, 9.17) is 0 Å². The van der Waals surface area contributed by atoms with Crippen molar-refractivity contribution >= 4 is 34.8 Å². The van der Waals surface area contributed by atoms with Gasteiger partial charge in [-0.05, 0) is 74.7 Å². The Morgan fingerprint density at radius 1 is 0.871 bits per heavy atom.